The molecular weight excluding hydrogens is 255 g/mol. The fourth-order valence-corrected chi connectivity index (χ4v) is 1.51. The van der Waals surface area contributed by atoms with Gasteiger partial charge in [-0.2, -0.15) is 0 Å². The van der Waals surface area contributed by atoms with Gasteiger partial charge in [0.05, 0.1) is 12.6 Å². The van der Waals surface area contributed by atoms with Gasteiger partial charge in [0, 0.05) is 10.7 Å². The van der Waals surface area contributed by atoms with Crippen LogP contribution in [0, 0.1) is 5.82 Å². The lowest BCUT2D eigenvalue weighted by Gasteiger charge is -2.14. The molecule has 1 saturated heterocycles. The second-order valence-corrected chi connectivity index (χ2v) is 3.89. The van der Waals surface area contributed by atoms with E-state index in [9.17, 15) is 9.50 Å². The highest BCUT2D eigenvalue weighted by Crippen LogP contribution is 2.22. The fourth-order valence-electron chi connectivity index (χ4n) is 1.21. The Morgan fingerprint density at radius 3 is 3.07 bits per heavy atom. The molecule has 0 bridgehead atoms. The lowest BCUT2D eigenvalue weighted by molar-refractivity contribution is 0.115. The summed E-state index contributed by atoms with van der Waals surface area (Å²) in [5.41, 5.74) is 0. The van der Waals surface area contributed by atoms with Gasteiger partial charge in [-0.05, 0) is 22.0 Å². The zero-order chi connectivity index (χ0) is 10.1. The van der Waals surface area contributed by atoms with E-state index in [0.29, 0.717) is 4.47 Å². The number of anilines is 1. The van der Waals surface area contributed by atoms with E-state index in [1.165, 1.54) is 17.3 Å². The summed E-state index contributed by atoms with van der Waals surface area (Å²) in [7, 11) is 0. The Balaban J connectivity index is 2.24. The van der Waals surface area contributed by atoms with Crippen LogP contribution in [0.1, 0.15) is 0 Å². The molecule has 1 aliphatic heterocycles. The van der Waals surface area contributed by atoms with Crippen molar-refractivity contribution in [3.63, 3.8) is 0 Å². The van der Waals surface area contributed by atoms with Gasteiger partial charge in [0.15, 0.2) is 11.6 Å². The van der Waals surface area contributed by atoms with Crippen LogP contribution in [0.3, 0.4) is 0 Å². The van der Waals surface area contributed by atoms with Crippen molar-refractivity contribution < 1.29 is 14.3 Å². The number of aliphatic hydroxyl groups excluding tert-OH is 1. The van der Waals surface area contributed by atoms with Crippen LogP contribution in [0.25, 0.3) is 0 Å². The number of halogens is 2. The van der Waals surface area contributed by atoms with E-state index >= 15 is 0 Å². The summed E-state index contributed by atoms with van der Waals surface area (Å²) in [6, 6.07) is 1.30. The Morgan fingerprint density at radius 2 is 2.50 bits per heavy atom. The van der Waals surface area contributed by atoms with Crippen LogP contribution < -0.4 is 5.06 Å². The third kappa shape index (κ3) is 1.87. The van der Waals surface area contributed by atoms with E-state index in [1.807, 2.05) is 0 Å². The zero-order valence-electron chi connectivity index (χ0n) is 7.15. The zero-order valence-corrected chi connectivity index (χ0v) is 8.74. The molecule has 1 unspecified atom stereocenters. The highest BCUT2D eigenvalue weighted by molar-refractivity contribution is 9.10. The standard InChI is InChI=1S/C8H8BrFN2O2/c9-5-1-7(10)8(11-2-5)12-3-6(13)4-14-12/h1-2,6,13H,3-4H2. The molecule has 1 aliphatic rings. The van der Waals surface area contributed by atoms with Crippen molar-refractivity contribution in [2.75, 3.05) is 18.2 Å². The monoisotopic (exact) mass is 262 g/mol. The molecule has 1 aromatic rings. The van der Waals surface area contributed by atoms with Gasteiger partial charge in [-0.15, -0.1) is 0 Å². The van der Waals surface area contributed by atoms with Crippen LogP contribution in [0.2, 0.25) is 0 Å². The SMILES string of the molecule is OC1CON(c2ncc(Br)cc2F)C1. The molecule has 0 aromatic carbocycles. The number of hydroxylamine groups is 1. The normalized spacial score (nSPS) is 21.6. The summed E-state index contributed by atoms with van der Waals surface area (Å²) in [5.74, 6) is -0.377. The summed E-state index contributed by atoms with van der Waals surface area (Å²) in [6.07, 6.45) is 0.895. The van der Waals surface area contributed by atoms with Crippen molar-refractivity contribution in [3.8, 4) is 0 Å². The van der Waals surface area contributed by atoms with E-state index in [4.69, 9.17) is 4.84 Å². The van der Waals surface area contributed by atoms with Crippen LogP contribution in [0.5, 0.6) is 0 Å². The number of hydrogen-bond donors (Lipinski definition) is 1. The molecule has 0 spiro atoms. The maximum atomic E-state index is 13.3. The van der Waals surface area contributed by atoms with E-state index in [1.54, 1.807) is 0 Å². The van der Waals surface area contributed by atoms with Gasteiger partial charge in [0.1, 0.15) is 6.61 Å². The molecule has 0 saturated carbocycles. The van der Waals surface area contributed by atoms with Crippen molar-refractivity contribution in [3.05, 3.63) is 22.6 Å². The molecule has 1 atom stereocenters. The summed E-state index contributed by atoms with van der Waals surface area (Å²) in [5, 5.41) is 10.4. The Morgan fingerprint density at radius 1 is 1.71 bits per heavy atom. The minimum absolute atomic E-state index is 0.102. The second-order valence-electron chi connectivity index (χ2n) is 2.97. The Kier molecular flexibility index (Phi) is 2.66. The van der Waals surface area contributed by atoms with Crippen LogP contribution >= 0.6 is 15.9 Å². The van der Waals surface area contributed by atoms with Gasteiger partial charge < -0.3 is 5.11 Å². The van der Waals surface area contributed by atoms with Gasteiger partial charge in [-0.3, -0.25) is 4.84 Å². The minimum Gasteiger partial charge on any atom is -0.389 e. The summed E-state index contributed by atoms with van der Waals surface area (Å²) in [4.78, 5) is 8.90. The molecule has 2 rings (SSSR count). The molecule has 1 N–H and O–H groups in total. The molecule has 1 fully saturated rings. The largest absolute Gasteiger partial charge is 0.389 e. The second kappa shape index (κ2) is 3.80. The molecule has 6 heteroatoms. The highest BCUT2D eigenvalue weighted by Gasteiger charge is 2.25. The number of aromatic nitrogens is 1. The molecular formula is C8H8BrFN2O2. The van der Waals surface area contributed by atoms with Crippen LogP contribution in [0.4, 0.5) is 10.2 Å². The topological polar surface area (TPSA) is 45.6 Å². The number of rotatable bonds is 1. The number of aliphatic hydroxyl groups is 1. The molecule has 0 amide bonds. The quantitative estimate of drug-likeness (QED) is 0.824. The molecule has 0 aliphatic carbocycles. The first kappa shape index (κ1) is 9.82. The average molecular weight is 263 g/mol. The van der Waals surface area contributed by atoms with Crippen molar-refractivity contribution in [1.29, 1.82) is 0 Å². The third-order valence-corrected chi connectivity index (χ3v) is 2.26. The van der Waals surface area contributed by atoms with Gasteiger partial charge in [0.25, 0.3) is 0 Å². The number of pyridine rings is 1. The highest BCUT2D eigenvalue weighted by atomic mass is 79.9. The van der Waals surface area contributed by atoms with Gasteiger partial charge in [0.2, 0.25) is 0 Å². The molecule has 76 valence electrons. The number of nitrogens with zero attached hydrogens (tertiary/aromatic N) is 2. The lowest BCUT2D eigenvalue weighted by atomic mass is 10.4. The maximum absolute atomic E-state index is 13.3. The first-order valence-electron chi connectivity index (χ1n) is 4.06. The van der Waals surface area contributed by atoms with Gasteiger partial charge in [-0.25, -0.2) is 14.4 Å². The summed E-state index contributed by atoms with van der Waals surface area (Å²) < 4.78 is 13.9. The van der Waals surface area contributed by atoms with Crippen molar-refractivity contribution in [1.82, 2.24) is 4.98 Å². The van der Waals surface area contributed by atoms with Gasteiger partial charge in [-0.1, -0.05) is 0 Å². The molecule has 4 nitrogen and oxygen atoms in total. The van der Waals surface area contributed by atoms with E-state index in [-0.39, 0.29) is 19.0 Å². The predicted molar refractivity (Wildman–Crippen MR) is 51.2 cm³/mol. The van der Waals surface area contributed by atoms with Crippen molar-refractivity contribution in [2.24, 2.45) is 0 Å². The van der Waals surface area contributed by atoms with Crippen LogP contribution in [-0.4, -0.2) is 29.3 Å². The van der Waals surface area contributed by atoms with E-state index in [0.717, 1.165) is 0 Å². The smallest absolute Gasteiger partial charge is 0.189 e. The predicted octanol–water partition coefficient (Wildman–Crippen LogP) is 1.10. The molecule has 1 aromatic heterocycles. The van der Waals surface area contributed by atoms with Crippen molar-refractivity contribution in [2.45, 2.75) is 6.10 Å². The Hall–Kier alpha value is -0.720. The van der Waals surface area contributed by atoms with Crippen LogP contribution in [-0.2, 0) is 4.84 Å². The van der Waals surface area contributed by atoms with E-state index < -0.39 is 11.9 Å². The minimum atomic E-state index is -0.583. The molecule has 2 heterocycles. The van der Waals surface area contributed by atoms with Crippen molar-refractivity contribution >= 4 is 21.7 Å². The average Bonchev–Trinajstić information content (AvgIpc) is 2.51. The fraction of sp³-hybridized carbons (Fsp3) is 0.375. The Labute approximate surface area is 88.4 Å². The number of β-amino-alcohol motifs (C(OH)–C–C–N with tert-alkyl or cyclic N) is 1. The first-order chi connectivity index (χ1) is 6.66. The first-order valence-corrected chi connectivity index (χ1v) is 4.85. The van der Waals surface area contributed by atoms with Crippen LogP contribution in [0.15, 0.2) is 16.7 Å². The third-order valence-electron chi connectivity index (χ3n) is 1.82. The summed E-state index contributed by atoms with van der Waals surface area (Å²) in [6.45, 7) is 0.419. The Bertz CT molecular complexity index is 350. The lowest BCUT2D eigenvalue weighted by Crippen LogP contribution is -2.22. The maximum Gasteiger partial charge on any atom is 0.189 e. The van der Waals surface area contributed by atoms with E-state index in [2.05, 4.69) is 20.9 Å². The number of hydrogen-bond acceptors (Lipinski definition) is 4. The van der Waals surface area contributed by atoms with Gasteiger partial charge >= 0.3 is 0 Å². The molecule has 14 heavy (non-hydrogen) atoms. The molecule has 0 radical (unpaired) electrons. The summed E-state index contributed by atoms with van der Waals surface area (Å²) >= 11 is 3.11.